The Morgan fingerprint density at radius 3 is 2.83 bits per heavy atom. The van der Waals surface area contributed by atoms with E-state index in [9.17, 15) is 4.79 Å². The first-order valence-electron chi connectivity index (χ1n) is 8.07. The predicted molar refractivity (Wildman–Crippen MR) is 89.2 cm³/mol. The van der Waals surface area contributed by atoms with E-state index in [0.717, 1.165) is 24.1 Å². The number of hydrogen-bond acceptors (Lipinski definition) is 5. The van der Waals surface area contributed by atoms with Gasteiger partial charge in [0.2, 0.25) is 5.91 Å². The fraction of sp³-hybridized carbons (Fsp3) is 0.471. The lowest BCUT2D eigenvalue weighted by atomic mass is 10.1. The van der Waals surface area contributed by atoms with Crippen molar-refractivity contribution in [1.82, 2.24) is 25.0 Å². The molecule has 128 valence electrons. The molecule has 2 heterocycles. The second-order valence-electron chi connectivity index (χ2n) is 6.13. The molecule has 1 fully saturated rings. The van der Waals surface area contributed by atoms with Crippen LogP contribution in [0.15, 0.2) is 36.9 Å². The van der Waals surface area contributed by atoms with E-state index in [1.165, 1.54) is 6.33 Å². The van der Waals surface area contributed by atoms with Crippen LogP contribution in [0, 0.1) is 0 Å². The molecule has 0 bridgehead atoms. The first-order valence-corrected chi connectivity index (χ1v) is 8.07. The summed E-state index contributed by atoms with van der Waals surface area (Å²) in [5, 5.41) is 7.19. The number of benzene rings is 1. The smallest absolute Gasteiger partial charge is 0.237 e. The number of likely N-dealkylation sites (N-methyl/N-ethyl adjacent to an activating group) is 1. The predicted octanol–water partition coefficient (Wildman–Crippen LogP) is 0.662. The number of carbonyl (C=O) groups excluding carboxylic acids is 1. The van der Waals surface area contributed by atoms with Crippen LogP contribution in [0.4, 0.5) is 0 Å². The van der Waals surface area contributed by atoms with Gasteiger partial charge < -0.3 is 10.1 Å². The number of ether oxygens (including phenoxy) is 1. The lowest BCUT2D eigenvalue weighted by Gasteiger charge is -2.19. The number of aromatic nitrogens is 3. The van der Waals surface area contributed by atoms with E-state index >= 15 is 0 Å². The second kappa shape index (κ2) is 7.55. The molecule has 1 aliphatic rings. The van der Waals surface area contributed by atoms with Crippen LogP contribution in [0.5, 0.6) is 0 Å². The molecule has 7 nitrogen and oxygen atoms in total. The summed E-state index contributed by atoms with van der Waals surface area (Å²) in [7, 11) is 3.65. The Morgan fingerprint density at radius 1 is 1.38 bits per heavy atom. The molecule has 3 rings (SSSR count). The molecule has 1 aromatic carbocycles. The maximum Gasteiger partial charge on any atom is 0.237 e. The SMILES string of the molecule is CO[C@H]1C[C@@H](C(=O)NCc2ccccc2Cn2cncn2)N(C)C1. The summed E-state index contributed by atoms with van der Waals surface area (Å²) >= 11 is 0. The summed E-state index contributed by atoms with van der Waals surface area (Å²) in [6.07, 6.45) is 4.07. The molecular weight excluding hydrogens is 306 g/mol. The fourth-order valence-corrected chi connectivity index (χ4v) is 3.10. The zero-order chi connectivity index (χ0) is 16.9. The Morgan fingerprint density at radius 2 is 2.17 bits per heavy atom. The fourth-order valence-electron chi connectivity index (χ4n) is 3.10. The minimum Gasteiger partial charge on any atom is -0.380 e. The lowest BCUT2D eigenvalue weighted by Crippen LogP contribution is -2.41. The van der Waals surface area contributed by atoms with Crippen LogP contribution in [0.2, 0.25) is 0 Å². The highest BCUT2D eigenvalue weighted by molar-refractivity contribution is 5.82. The van der Waals surface area contributed by atoms with Crippen LogP contribution in [0.3, 0.4) is 0 Å². The zero-order valence-electron chi connectivity index (χ0n) is 14.1. The molecule has 1 amide bonds. The Bertz CT molecular complexity index is 673. The summed E-state index contributed by atoms with van der Waals surface area (Å²) in [6, 6.07) is 7.92. The van der Waals surface area contributed by atoms with Crippen LogP contribution < -0.4 is 5.32 Å². The van der Waals surface area contributed by atoms with Crippen molar-refractivity contribution >= 4 is 5.91 Å². The average molecular weight is 329 g/mol. The third kappa shape index (κ3) is 3.80. The summed E-state index contributed by atoms with van der Waals surface area (Å²) in [5.41, 5.74) is 2.21. The number of amides is 1. The van der Waals surface area contributed by atoms with E-state index in [1.807, 2.05) is 36.2 Å². The number of nitrogens with one attached hydrogen (secondary N) is 1. The van der Waals surface area contributed by atoms with Crippen molar-refractivity contribution in [3.8, 4) is 0 Å². The van der Waals surface area contributed by atoms with Gasteiger partial charge in [0, 0.05) is 20.2 Å². The van der Waals surface area contributed by atoms with Gasteiger partial charge in [-0.05, 0) is 24.6 Å². The van der Waals surface area contributed by atoms with Crippen LogP contribution in [0.25, 0.3) is 0 Å². The van der Waals surface area contributed by atoms with Crippen LogP contribution in [-0.2, 0) is 22.6 Å². The van der Waals surface area contributed by atoms with Gasteiger partial charge >= 0.3 is 0 Å². The van der Waals surface area contributed by atoms with Crippen molar-refractivity contribution in [3.63, 3.8) is 0 Å². The Balaban J connectivity index is 1.61. The average Bonchev–Trinajstić information content (AvgIpc) is 3.23. The van der Waals surface area contributed by atoms with E-state index < -0.39 is 0 Å². The second-order valence-corrected chi connectivity index (χ2v) is 6.13. The molecule has 24 heavy (non-hydrogen) atoms. The quantitative estimate of drug-likeness (QED) is 0.843. The summed E-state index contributed by atoms with van der Waals surface area (Å²) in [4.78, 5) is 18.5. The van der Waals surface area contributed by atoms with Crippen molar-refractivity contribution in [2.75, 3.05) is 20.7 Å². The van der Waals surface area contributed by atoms with Crippen molar-refractivity contribution in [2.45, 2.75) is 31.7 Å². The van der Waals surface area contributed by atoms with Crippen molar-refractivity contribution in [1.29, 1.82) is 0 Å². The largest absolute Gasteiger partial charge is 0.380 e. The normalized spacial score (nSPS) is 21.1. The molecule has 0 spiro atoms. The maximum atomic E-state index is 12.5. The summed E-state index contributed by atoms with van der Waals surface area (Å²) in [5.74, 6) is 0.0487. The number of carbonyl (C=O) groups is 1. The standard InChI is InChI=1S/C17H23N5O2/c1-21-10-15(24-2)7-16(21)17(23)19-8-13-5-3-4-6-14(13)9-22-12-18-11-20-22/h3-6,11-12,15-16H,7-10H2,1-2H3,(H,19,23)/t15-,16-/m0/s1. The van der Waals surface area contributed by atoms with E-state index in [2.05, 4.69) is 15.4 Å². The third-order valence-corrected chi connectivity index (χ3v) is 4.52. The van der Waals surface area contributed by atoms with Gasteiger partial charge in [-0.15, -0.1) is 0 Å². The van der Waals surface area contributed by atoms with Crippen molar-refractivity contribution in [3.05, 3.63) is 48.0 Å². The Kier molecular flexibility index (Phi) is 5.22. The summed E-state index contributed by atoms with van der Waals surface area (Å²) < 4.78 is 7.14. The topological polar surface area (TPSA) is 72.3 Å². The molecule has 2 atom stereocenters. The Hall–Kier alpha value is -2.25. The third-order valence-electron chi connectivity index (χ3n) is 4.52. The van der Waals surface area contributed by atoms with Gasteiger partial charge in [-0.1, -0.05) is 24.3 Å². The molecule has 2 aromatic rings. The molecule has 0 unspecified atom stereocenters. The number of hydrogen-bond donors (Lipinski definition) is 1. The lowest BCUT2D eigenvalue weighted by molar-refractivity contribution is -0.125. The van der Waals surface area contributed by atoms with Gasteiger partial charge in [-0.25, -0.2) is 9.67 Å². The van der Waals surface area contributed by atoms with Gasteiger partial charge in [0.1, 0.15) is 12.7 Å². The highest BCUT2D eigenvalue weighted by Gasteiger charge is 2.34. The minimum atomic E-state index is -0.127. The number of rotatable bonds is 6. The van der Waals surface area contributed by atoms with Gasteiger partial charge in [0.25, 0.3) is 0 Å². The van der Waals surface area contributed by atoms with E-state index in [4.69, 9.17) is 4.74 Å². The van der Waals surface area contributed by atoms with Crippen LogP contribution in [0.1, 0.15) is 17.5 Å². The highest BCUT2D eigenvalue weighted by atomic mass is 16.5. The van der Waals surface area contributed by atoms with Crippen molar-refractivity contribution < 1.29 is 9.53 Å². The number of likely N-dealkylation sites (tertiary alicyclic amines) is 1. The molecule has 1 aromatic heterocycles. The zero-order valence-corrected chi connectivity index (χ0v) is 14.1. The highest BCUT2D eigenvalue weighted by Crippen LogP contribution is 2.18. The van der Waals surface area contributed by atoms with Gasteiger partial charge in [-0.2, -0.15) is 5.10 Å². The molecule has 0 radical (unpaired) electrons. The van der Waals surface area contributed by atoms with E-state index in [-0.39, 0.29) is 18.1 Å². The first kappa shape index (κ1) is 16.6. The monoisotopic (exact) mass is 329 g/mol. The minimum absolute atomic E-state index is 0.0487. The van der Waals surface area contributed by atoms with Gasteiger partial charge in [0.05, 0.1) is 18.7 Å². The summed E-state index contributed by atoms with van der Waals surface area (Å²) in [6.45, 7) is 1.93. The van der Waals surface area contributed by atoms with E-state index in [0.29, 0.717) is 13.1 Å². The van der Waals surface area contributed by atoms with E-state index in [1.54, 1.807) is 18.1 Å². The Labute approximate surface area is 141 Å². The van der Waals surface area contributed by atoms with Crippen LogP contribution in [-0.4, -0.2) is 58.4 Å². The molecule has 0 saturated carbocycles. The molecule has 1 saturated heterocycles. The maximum absolute atomic E-state index is 12.5. The van der Waals surface area contributed by atoms with Gasteiger partial charge in [-0.3, -0.25) is 9.69 Å². The molecule has 1 aliphatic heterocycles. The molecule has 7 heteroatoms. The number of methoxy groups -OCH3 is 1. The molecule has 1 N–H and O–H groups in total. The first-order chi connectivity index (χ1) is 11.7. The molecular formula is C17H23N5O2. The van der Waals surface area contributed by atoms with Crippen LogP contribution >= 0.6 is 0 Å². The van der Waals surface area contributed by atoms with Gasteiger partial charge in [0.15, 0.2) is 0 Å². The van der Waals surface area contributed by atoms with Crippen molar-refractivity contribution in [2.24, 2.45) is 0 Å². The molecule has 0 aliphatic carbocycles. The number of nitrogens with zero attached hydrogens (tertiary/aromatic N) is 4.